The van der Waals surface area contributed by atoms with E-state index in [0.717, 1.165) is 17.8 Å². The Morgan fingerprint density at radius 3 is 2.55 bits per heavy atom. The number of sulfonamides is 1. The van der Waals surface area contributed by atoms with Crippen LogP contribution in [0.5, 0.6) is 0 Å². The van der Waals surface area contributed by atoms with Crippen LogP contribution < -0.4 is 10.0 Å². The number of carbonyl (C=O) groups is 1. The average Bonchev–Trinajstić information content (AvgIpc) is 3.45. The van der Waals surface area contributed by atoms with Crippen LogP contribution in [0.4, 0.5) is 18.9 Å². The first-order valence-electron chi connectivity index (χ1n) is 13.0. The lowest BCUT2D eigenvalue weighted by atomic mass is 10.1. The van der Waals surface area contributed by atoms with Gasteiger partial charge < -0.3 is 14.3 Å². The van der Waals surface area contributed by atoms with E-state index in [1.807, 2.05) is 30.5 Å². The van der Waals surface area contributed by atoms with E-state index in [0.29, 0.717) is 46.1 Å². The average molecular weight is 665 g/mol. The Balaban J connectivity index is 1.55. The fourth-order valence-electron chi connectivity index (χ4n) is 4.55. The number of imidazole rings is 1. The van der Waals surface area contributed by atoms with Gasteiger partial charge in [0.2, 0.25) is 0 Å². The molecule has 5 rings (SSSR count). The highest BCUT2D eigenvalue weighted by atomic mass is 79.9. The third-order valence-corrected chi connectivity index (χ3v) is 8.35. The number of benzene rings is 2. The highest BCUT2D eigenvalue weighted by Crippen LogP contribution is 2.42. The predicted molar refractivity (Wildman–Crippen MR) is 157 cm³/mol. The summed E-state index contributed by atoms with van der Waals surface area (Å²) in [4.78, 5) is 21.8. The number of carbonyl (C=O) groups excluding carboxylic acids is 1. The molecule has 0 unspecified atom stereocenters. The van der Waals surface area contributed by atoms with Gasteiger partial charge in [0.1, 0.15) is 22.6 Å². The SMILES string of the molecule is CCCc1nc2ccc(C(=O)NCC)nc2n1Cc1ccc2oc(-c3ccccc3NS(=O)(=O)C(F)(F)F)c(Br)c2c1. The van der Waals surface area contributed by atoms with Gasteiger partial charge in [-0.05, 0) is 71.2 Å². The first kappa shape index (κ1) is 29.6. The number of furan rings is 1. The summed E-state index contributed by atoms with van der Waals surface area (Å²) in [5.41, 5.74) is -2.83. The van der Waals surface area contributed by atoms with Crippen molar-refractivity contribution in [3.05, 3.63) is 76.2 Å². The molecular weight excluding hydrogens is 639 g/mol. The molecule has 220 valence electrons. The monoisotopic (exact) mass is 663 g/mol. The molecule has 0 radical (unpaired) electrons. The molecule has 3 heterocycles. The summed E-state index contributed by atoms with van der Waals surface area (Å²) in [6, 6.07) is 14.5. The summed E-state index contributed by atoms with van der Waals surface area (Å²) in [5, 5.41) is 3.39. The summed E-state index contributed by atoms with van der Waals surface area (Å²) in [5.74, 6) is 0.694. The zero-order chi connectivity index (χ0) is 30.2. The van der Waals surface area contributed by atoms with Crippen molar-refractivity contribution < 1.29 is 30.8 Å². The largest absolute Gasteiger partial charge is 0.516 e. The van der Waals surface area contributed by atoms with E-state index in [9.17, 15) is 26.4 Å². The molecule has 9 nitrogen and oxygen atoms in total. The fraction of sp³-hybridized carbons (Fsp3) is 0.250. The van der Waals surface area contributed by atoms with Gasteiger partial charge >= 0.3 is 15.5 Å². The second kappa shape index (κ2) is 11.4. The van der Waals surface area contributed by atoms with Gasteiger partial charge in [-0.3, -0.25) is 9.52 Å². The molecule has 5 aromatic rings. The van der Waals surface area contributed by atoms with Crippen LogP contribution in [0.3, 0.4) is 0 Å². The predicted octanol–water partition coefficient (Wildman–Crippen LogP) is 6.62. The molecule has 3 aromatic heterocycles. The lowest BCUT2D eigenvalue weighted by Crippen LogP contribution is -2.30. The van der Waals surface area contributed by atoms with Gasteiger partial charge in [0.05, 0.1) is 16.7 Å². The molecule has 2 aromatic carbocycles. The van der Waals surface area contributed by atoms with E-state index in [4.69, 9.17) is 9.40 Å². The first-order valence-corrected chi connectivity index (χ1v) is 15.2. The van der Waals surface area contributed by atoms with E-state index in [1.165, 1.54) is 18.2 Å². The lowest BCUT2D eigenvalue weighted by Gasteiger charge is -2.13. The number of alkyl halides is 3. The molecular formula is C28H25BrF3N5O4S. The van der Waals surface area contributed by atoms with Crippen molar-refractivity contribution in [3.63, 3.8) is 0 Å². The van der Waals surface area contributed by atoms with Crippen LogP contribution in [0.15, 0.2) is 63.5 Å². The molecule has 0 aliphatic carbocycles. The minimum absolute atomic E-state index is 0.128. The number of nitrogens with one attached hydrogen (secondary N) is 2. The second-order valence-corrected chi connectivity index (χ2v) is 11.9. The summed E-state index contributed by atoms with van der Waals surface area (Å²) in [7, 11) is -5.65. The summed E-state index contributed by atoms with van der Waals surface area (Å²) in [6.07, 6.45) is 1.54. The number of fused-ring (bicyclic) bond motifs is 2. The number of halogens is 4. The second-order valence-electron chi connectivity index (χ2n) is 9.44. The Morgan fingerprint density at radius 1 is 1.07 bits per heavy atom. The maximum absolute atomic E-state index is 13.1. The molecule has 0 aliphatic rings. The standard InChI is InChI=1S/C28H25BrF3N5O4S/c1-3-7-23-34-20-11-12-21(27(38)33-4-2)35-26(20)37(23)15-16-10-13-22-18(14-16)24(29)25(41-22)17-8-5-6-9-19(17)36-42(39,40)28(30,31)32/h5-6,8-14,36H,3-4,7,15H2,1-2H3,(H,33,38). The van der Waals surface area contributed by atoms with Crippen LogP contribution in [-0.4, -0.2) is 40.9 Å². The quantitative estimate of drug-likeness (QED) is 0.183. The number of hydrogen-bond acceptors (Lipinski definition) is 6. The Kier molecular flexibility index (Phi) is 8.03. The molecule has 0 bridgehead atoms. The number of pyridine rings is 1. The summed E-state index contributed by atoms with van der Waals surface area (Å²) in [6.45, 7) is 4.72. The fourth-order valence-corrected chi connectivity index (χ4v) is 5.74. The topological polar surface area (TPSA) is 119 Å². The first-order chi connectivity index (χ1) is 19.9. The molecule has 0 saturated carbocycles. The molecule has 1 amide bonds. The van der Waals surface area contributed by atoms with Gasteiger partial charge in [0, 0.05) is 23.9 Å². The van der Waals surface area contributed by atoms with Crippen LogP contribution >= 0.6 is 15.9 Å². The van der Waals surface area contributed by atoms with Crippen molar-refractivity contribution in [1.82, 2.24) is 19.9 Å². The van der Waals surface area contributed by atoms with Crippen molar-refractivity contribution in [2.45, 2.75) is 38.7 Å². The summed E-state index contributed by atoms with van der Waals surface area (Å²) < 4.78 is 72.8. The smallest absolute Gasteiger partial charge is 0.455 e. The molecule has 14 heteroatoms. The van der Waals surface area contributed by atoms with E-state index in [-0.39, 0.29) is 28.6 Å². The molecule has 42 heavy (non-hydrogen) atoms. The van der Waals surface area contributed by atoms with Gasteiger partial charge in [-0.15, -0.1) is 0 Å². The Labute approximate surface area is 247 Å². The van der Waals surface area contributed by atoms with Crippen LogP contribution in [0, 0.1) is 0 Å². The molecule has 0 spiro atoms. The van der Waals surface area contributed by atoms with Gasteiger partial charge in [0.25, 0.3) is 5.91 Å². The van der Waals surface area contributed by atoms with E-state index >= 15 is 0 Å². The van der Waals surface area contributed by atoms with Crippen LogP contribution in [0.25, 0.3) is 33.5 Å². The Hall–Kier alpha value is -3.91. The Bertz CT molecular complexity index is 1920. The molecule has 2 N–H and O–H groups in total. The zero-order valence-corrected chi connectivity index (χ0v) is 24.8. The zero-order valence-electron chi connectivity index (χ0n) is 22.4. The van der Waals surface area contributed by atoms with Gasteiger partial charge in [-0.1, -0.05) is 25.1 Å². The van der Waals surface area contributed by atoms with Crippen LogP contribution in [0.1, 0.15) is 42.1 Å². The molecule has 0 saturated heterocycles. The number of para-hydroxylation sites is 1. The molecule has 0 fully saturated rings. The van der Waals surface area contributed by atoms with Crippen molar-refractivity contribution in [1.29, 1.82) is 0 Å². The van der Waals surface area contributed by atoms with Crippen molar-refractivity contribution in [3.8, 4) is 11.3 Å². The number of amides is 1. The Morgan fingerprint density at radius 2 is 1.83 bits per heavy atom. The van der Waals surface area contributed by atoms with Crippen LogP contribution in [0.2, 0.25) is 0 Å². The lowest BCUT2D eigenvalue weighted by molar-refractivity contribution is -0.0429. The number of nitrogens with zero attached hydrogens (tertiary/aromatic N) is 3. The molecule has 0 aliphatic heterocycles. The van der Waals surface area contributed by atoms with E-state index < -0.39 is 15.5 Å². The van der Waals surface area contributed by atoms with Crippen molar-refractivity contribution in [2.75, 3.05) is 11.3 Å². The van der Waals surface area contributed by atoms with Crippen LogP contribution in [-0.2, 0) is 23.0 Å². The molecule has 0 atom stereocenters. The van der Waals surface area contributed by atoms with E-state index in [2.05, 4.69) is 26.2 Å². The van der Waals surface area contributed by atoms with Gasteiger partial charge in [0.15, 0.2) is 11.4 Å². The number of aromatic nitrogens is 3. The maximum Gasteiger partial charge on any atom is 0.516 e. The summed E-state index contributed by atoms with van der Waals surface area (Å²) >= 11 is 3.50. The van der Waals surface area contributed by atoms with Crippen molar-refractivity contribution >= 4 is 59.7 Å². The third kappa shape index (κ3) is 5.60. The number of hydrogen-bond donors (Lipinski definition) is 2. The minimum atomic E-state index is -5.65. The van der Waals surface area contributed by atoms with E-state index in [1.54, 1.807) is 29.0 Å². The minimum Gasteiger partial charge on any atom is -0.455 e. The van der Waals surface area contributed by atoms with Gasteiger partial charge in [-0.25, -0.2) is 9.97 Å². The maximum atomic E-state index is 13.1. The third-order valence-electron chi connectivity index (χ3n) is 6.47. The highest BCUT2D eigenvalue weighted by molar-refractivity contribution is 9.10. The van der Waals surface area contributed by atoms with Gasteiger partial charge in [-0.2, -0.15) is 21.6 Å². The normalized spacial score (nSPS) is 12.2. The number of anilines is 1. The van der Waals surface area contributed by atoms with Crippen molar-refractivity contribution in [2.24, 2.45) is 0 Å². The number of rotatable bonds is 9. The number of aryl methyl sites for hydroxylation is 1. The highest BCUT2D eigenvalue weighted by Gasteiger charge is 2.46.